The minimum Gasteiger partial charge on any atom is -0.398 e. The highest BCUT2D eigenvalue weighted by molar-refractivity contribution is 6.02. The predicted octanol–water partition coefficient (Wildman–Crippen LogP) is 4.40. The molecule has 2 N–H and O–H groups in total. The average Bonchev–Trinajstić information content (AvgIpc) is 2.40. The summed E-state index contributed by atoms with van der Waals surface area (Å²) < 4.78 is 0. The van der Waals surface area contributed by atoms with Crippen LogP contribution in [0.1, 0.15) is 5.56 Å². The number of aryl methyl sites for hydroxylation is 1. The lowest BCUT2D eigenvalue weighted by Crippen LogP contribution is -1.93. The van der Waals surface area contributed by atoms with E-state index in [4.69, 9.17) is 5.73 Å². The van der Waals surface area contributed by atoms with Gasteiger partial charge in [0, 0.05) is 11.3 Å². The van der Waals surface area contributed by atoms with Gasteiger partial charge >= 0.3 is 0 Å². The van der Waals surface area contributed by atoms with Crippen LogP contribution in [0.3, 0.4) is 0 Å². The van der Waals surface area contributed by atoms with Crippen LogP contribution in [0.15, 0.2) is 60.7 Å². The van der Waals surface area contributed by atoms with Crippen LogP contribution in [0.2, 0.25) is 0 Å². The Balaban J connectivity index is 2.42. The molecule has 0 aliphatic rings. The third-order valence-electron chi connectivity index (χ3n) is 3.38. The molecule has 18 heavy (non-hydrogen) atoms. The fourth-order valence-corrected chi connectivity index (χ4v) is 2.44. The van der Waals surface area contributed by atoms with E-state index >= 15 is 0 Å². The van der Waals surface area contributed by atoms with Crippen LogP contribution in [0.25, 0.3) is 21.9 Å². The highest BCUT2D eigenvalue weighted by atomic mass is 14.6. The van der Waals surface area contributed by atoms with E-state index in [1.54, 1.807) is 0 Å². The lowest BCUT2D eigenvalue weighted by atomic mass is 9.94. The van der Waals surface area contributed by atoms with Crippen molar-refractivity contribution >= 4 is 16.5 Å². The molecule has 0 spiro atoms. The molecule has 3 aromatic carbocycles. The molecule has 1 heteroatoms. The van der Waals surface area contributed by atoms with E-state index in [1.807, 2.05) is 6.07 Å². The highest BCUT2D eigenvalue weighted by Crippen LogP contribution is 2.35. The van der Waals surface area contributed by atoms with Crippen molar-refractivity contribution in [2.24, 2.45) is 0 Å². The lowest BCUT2D eigenvalue weighted by molar-refractivity contribution is 1.47. The molecule has 0 fully saturated rings. The molecule has 0 aliphatic carbocycles. The second kappa shape index (κ2) is 4.19. The van der Waals surface area contributed by atoms with Gasteiger partial charge in [0.25, 0.3) is 0 Å². The molecule has 3 aromatic rings. The molecular weight excluding hydrogens is 218 g/mol. The molecule has 0 heterocycles. The van der Waals surface area contributed by atoms with Gasteiger partial charge in [-0.2, -0.15) is 0 Å². The minimum atomic E-state index is 0.836. The normalized spacial score (nSPS) is 10.7. The third kappa shape index (κ3) is 1.65. The molecule has 0 radical (unpaired) electrons. The molecule has 0 saturated carbocycles. The molecule has 0 atom stereocenters. The zero-order chi connectivity index (χ0) is 12.5. The Kier molecular flexibility index (Phi) is 2.52. The van der Waals surface area contributed by atoms with Gasteiger partial charge in [-0.15, -0.1) is 0 Å². The van der Waals surface area contributed by atoms with Gasteiger partial charge in [-0.1, -0.05) is 54.6 Å². The highest BCUT2D eigenvalue weighted by Gasteiger charge is 2.09. The number of hydrogen-bond donors (Lipinski definition) is 1. The summed E-state index contributed by atoms with van der Waals surface area (Å²) in [7, 11) is 0. The van der Waals surface area contributed by atoms with Crippen molar-refractivity contribution in [3.8, 4) is 11.1 Å². The first-order chi connectivity index (χ1) is 8.77. The Hall–Kier alpha value is -2.28. The molecule has 0 saturated heterocycles. The number of hydrogen-bond acceptors (Lipinski definition) is 1. The Bertz CT molecular complexity index is 714. The minimum absolute atomic E-state index is 0.836. The van der Waals surface area contributed by atoms with Crippen LogP contribution >= 0.6 is 0 Å². The number of anilines is 1. The lowest BCUT2D eigenvalue weighted by Gasteiger charge is -2.12. The van der Waals surface area contributed by atoms with Gasteiger partial charge in [-0.05, 0) is 34.9 Å². The molecule has 0 bridgehead atoms. The summed E-state index contributed by atoms with van der Waals surface area (Å²) in [6.45, 7) is 2.12. The predicted molar refractivity (Wildman–Crippen MR) is 78.5 cm³/mol. The Labute approximate surface area is 107 Å². The van der Waals surface area contributed by atoms with E-state index in [0.717, 1.165) is 11.3 Å². The second-order valence-corrected chi connectivity index (χ2v) is 4.57. The van der Waals surface area contributed by atoms with Crippen LogP contribution in [0.4, 0.5) is 5.69 Å². The van der Waals surface area contributed by atoms with Gasteiger partial charge in [0.15, 0.2) is 0 Å². The SMILES string of the molecule is Cc1ccccc1-c1c(N)ccc2ccccc12. The zero-order valence-corrected chi connectivity index (χ0v) is 10.4. The summed E-state index contributed by atoms with van der Waals surface area (Å²) in [4.78, 5) is 0. The van der Waals surface area contributed by atoms with E-state index in [0.29, 0.717) is 0 Å². The molecule has 1 nitrogen and oxygen atoms in total. The number of fused-ring (bicyclic) bond motifs is 1. The van der Waals surface area contributed by atoms with Gasteiger partial charge < -0.3 is 5.73 Å². The van der Waals surface area contributed by atoms with Crippen molar-refractivity contribution in [3.63, 3.8) is 0 Å². The van der Waals surface area contributed by atoms with Gasteiger partial charge in [0.2, 0.25) is 0 Å². The molecule has 0 aromatic heterocycles. The van der Waals surface area contributed by atoms with Crippen LogP contribution in [0.5, 0.6) is 0 Å². The Morgan fingerprint density at radius 2 is 1.50 bits per heavy atom. The number of benzene rings is 3. The molecule has 0 amide bonds. The summed E-state index contributed by atoms with van der Waals surface area (Å²) in [5.41, 5.74) is 10.6. The topological polar surface area (TPSA) is 26.0 Å². The van der Waals surface area contributed by atoms with Crippen LogP contribution in [0, 0.1) is 6.92 Å². The Morgan fingerprint density at radius 3 is 2.33 bits per heavy atom. The van der Waals surface area contributed by atoms with Crippen LogP contribution < -0.4 is 5.73 Å². The van der Waals surface area contributed by atoms with E-state index < -0.39 is 0 Å². The largest absolute Gasteiger partial charge is 0.398 e. The summed E-state index contributed by atoms with van der Waals surface area (Å²) in [6, 6.07) is 20.8. The smallest absolute Gasteiger partial charge is 0.0400 e. The van der Waals surface area contributed by atoms with Crippen molar-refractivity contribution in [2.45, 2.75) is 6.92 Å². The standard InChI is InChI=1S/C17H15N/c1-12-6-2-4-8-14(12)17-15-9-5-3-7-13(15)10-11-16(17)18/h2-11H,18H2,1H3. The van der Waals surface area contributed by atoms with Crippen molar-refractivity contribution in [1.82, 2.24) is 0 Å². The zero-order valence-electron chi connectivity index (χ0n) is 10.4. The Morgan fingerprint density at radius 1 is 0.778 bits per heavy atom. The van der Waals surface area contributed by atoms with E-state index in [9.17, 15) is 0 Å². The van der Waals surface area contributed by atoms with Crippen LogP contribution in [-0.2, 0) is 0 Å². The number of nitrogen functional groups attached to an aromatic ring is 1. The van der Waals surface area contributed by atoms with Crippen molar-refractivity contribution < 1.29 is 0 Å². The summed E-state index contributed by atoms with van der Waals surface area (Å²) in [5.74, 6) is 0. The van der Waals surface area contributed by atoms with Crippen molar-refractivity contribution in [2.75, 3.05) is 5.73 Å². The summed E-state index contributed by atoms with van der Waals surface area (Å²) in [5, 5.41) is 2.44. The average molecular weight is 233 g/mol. The molecule has 88 valence electrons. The van der Waals surface area contributed by atoms with E-state index in [1.165, 1.54) is 21.9 Å². The number of nitrogens with two attached hydrogens (primary N) is 1. The first-order valence-electron chi connectivity index (χ1n) is 6.10. The van der Waals surface area contributed by atoms with E-state index in [2.05, 4.69) is 61.5 Å². The number of rotatable bonds is 1. The van der Waals surface area contributed by atoms with Crippen LogP contribution in [-0.4, -0.2) is 0 Å². The van der Waals surface area contributed by atoms with Gasteiger partial charge in [0.1, 0.15) is 0 Å². The van der Waals surface area contributed by atoms with E-state index in [-0.39, 0.29) is 0 Å². The fraction of sp³-hybridized carbons (Fsp3) is 0.0588. The van der Waals surface area contributed by atoms with Crippen molar-refractivity contribution in [3.05, 3.63) is 66.2 Å². The fourth-order valence-electron chi connectivity index (χ4n) is 2.44. The quantitative estimate of drug-likeness (QED) is 0.619. The van der Waals surface area contributed by atoms with Gasteiger partial charge in [-0.25, -0.2) is 0 Å². The van der Waals surface area contributed by atoms with Crippen molar-refractivity contribution in [1.29, 1.82) is 0 Å². The summed E-state index contributed by atoms with van der Waals surface area (Å²) >= 11 is 0. The molecule has 0 unspecified atom stereocenters. The first kappa shape index (κ1) is 10.8. The van der Waals surface area contributed by atoms with Gasteiger partial charge in [-0.3, -0.25) is 0 Å². The maximum Gasteiger partial charge on any atom is 0.0400 e. The second-order valence-electron chi connectivity index (χ2n) is 4.57. The molecule has 0 aliphatic heterocycles. The third-order valence-corrected chi connectivity index (χ3v) is 3.38. The maximum absolute atomic E-state index is 6.19. The monoisotopic (exact) mass is 233 g/mol. The molecular formula is C17H15N. The summed E-state index contributed by atoms with van der Waals surface area (Å²) in [6.07, 6.45) is 0. The molecule has 3 rings (SSSR count). The maximum atomic E-state index is 6.19. The van der Waals surface area contributed by atoms with Gasteiger partial charge in [0.05, 0.1) is 0 Å². The first-order valence-corrected chi connectivity index (χ1v) is 6.10.